The zero-order valence-corrected chi connectivity index (χ0v) is 17.3. The zero-order chi connectivity index (χ0) is 19.4. The smallest absolute Gasteiger partial charge is 0.261 e. The fourth-order valence-electron chi connectivity index (χ4n) is 2.44. The number of nitrogens with zero attached hydrogens (tertiary/aromatic N) is 1. The molecule has 8 heteroatoms. The summed E-state index contributed by atoms with van der Waals surface area (Å²) in [5.41, 5.74) is 2.09. The molecule has 3 rings (SSSR count). The lowest BCUT2D eigenvalue weighted by atomic mass is 10.1. The number of hydrogen-bond donors (Lipinski definition) is 1. The molecule has 0 saturated heterocycles. The van der Waals surface area contributed by atoms with E-state index in [1.165, 1.54) is 18.4 Å². The number of hydrogen-bond acceptors (Lipinski definition) is 6. The monoisotopic (exact) mass is 448 g/mol. The van der Waals surface area contributed by atoms with Gasteiger partial charge in [-0.2, -0.15) is 0 Å². The highest BCUT2D eigenvalue weighted by Crippen LogP contribution is 2.32. The minimum atomic E-state index is -0.300. The van der Waals surface area contributed by atoms with Gasteiger partial charge in [0.25, 0.3) is 5.91 Å². The second kappa shape index (κ2) is 8.41. The number of thiazole rings is 1. The number of methoxy groups -OCH3 is 3. The first-order valence-electron chi connectivity index (χ1n) is 7.88. The van der Waals surface area contributed by atoms with E-state index >= 15 is 0 Å². The molecular weight excluding hydrogens is 432 g/mol. The van der Waals surface area contributed by atoms with Crippen LogP contribution in [0, 0.1) is 0 Å². The minimum Gasteiger partial charge on any atom is -0.497 e. The average Bonchev–Trinajstić information content (AvgIpc) is 3.15. The second-order valence-corrected chi connectivity index (χ2v) is 7.12. The van der Waals surface area contributed by atoms with E-state index < -0.39 is 0 Å². The van der Waals surface area contributed by atoms with Gasteiger partial charge in [0, 0.05) is 17.0 Å². The highest BCUT2D eigenvalue weighted by atomic mass is 79.9. The molecule has 0 spiro atoms. The maximum absolute atomic E-state index is 12.6. The highest BCUT2D eigenvalue weighted by molar-refractivity contribution is 9.10. The third-order valence-corrected chi connectivity index (χ3v) is 5.20. The van der Waals surface area contributed by atoms with Crippen molar-refractivity contribution >= 4 is 38.3 Å². The first-order valence-corrected chi connectivity index (χ1v) is 9.55. The third-order valence-electron chi connectivity index (χ3n) is 3.83. The maximum Gasteiger partial charge on any atom is 0.261 e. The van der Waals surface area contributed by atoms with Crippen LogP contribution in [0.3, 0.4) is 0 Å². The molecule has 0 saturated carbocycles. The van der Waals surface area contributed by atoms with Crippen molar-refractivity contribution < 1.29 is 19.0 Å². The molecule has 0 aliphatic rings. The van der Waals surface area contributed by atoms with Crippen LogP contribution in [0.1, 0.15) is 10.4 Å². The predicted octanol–water partition coefficient (Wildman–Crippen LogP) is 4.85. The third kappa shape index (κ3) is 4.23. The summed E-state index contributed by atoms with van der Waals surface area (Å²) < 4.78 is 16.5. The molecule has 6 nitrogen and oxygen atoms in total. The fraction of sp³-hybridized carbons (Fsp3) is 0.158. The Morgan fingerprint density at radius 1 is 1.04 bits per heavy atom. The number of ether oxygens (including phenoxy) is 3. The summed E-state index contributed by atoms with van der Waals surface area (Å²) in [5, 5.41) is 5.19. The molecule has 1 N–H and O–H groups in total. The topological polar surface area (TPSA) is 69.7 Å². The van der Waals surface area contributed by atoms with Crippen LogP contribution < -0.4 is 19.5 Å². The van der Waals surface area contributed by atoms with Gasteiger partial charge in [0.05, 0.1) is 37.1 Å². The van der Waals surface area contributed by atoms with Crippen molar-refractivity contribution in [3.05, 3.63) is 51.8 Å². The molecule has 2 aromatic carbocycles. The standard InChI is InChI=1S/C19H17BrN2O4S/c1-24-12-5-6-13(17(9-12)26-3)18(23)22-19-21-15(10-27-19)11-4-7-16(25-2)14(20)8-11/h4-10H,1-3H3,(H,21,22,23). The number of rotatable bonds is 6. The van der Waals surface area contributed by atoms with Gasteiger partial charge in [-0.05, 0) is 46.3 Å². The first kappa shape index (κ1) is 19.2. The highest BCUT2D eigenvalue weighted by Gasteiger charge is 2.15. The SMILES string of the molecule is COc1ccc(C(=O)Nc2nc(-c3ccc(OC)c(Br)c3)cs2)c(OC)c1. The quantitative estimate of drug-likeness (QED) is 0.583. The summed E-state index contributed by atoms with van der Waals surface area (Å²) >= 11 is 4.82. The lowest BCUT2D eigenvalue weighted by Gasteiger charge is -2.09. The largest absolute Gasteiger partial charge is 0.497 e. The summed E-state index contributed by atoms with van der Waals surface area (Å²) in [4.78, 5) is 17.1. The minimum absolute atomic E-state index is 0.300. The van der Waals surface area contributed by atoms with Crippen LogP contribution in [0.25, 0.3) is 11.3 Å². The molecule has 1 heterocycles. The van der Waals surface area contributed by atoms with Gasteiger partial charge in [-0.3, -0.25) is 10.1 Å². The van der Waals surface area contributed by atoms with Crippen LogP contribution in [0.4, 0.5) is 5.13 Å². The molecular formula is C19H17BrN2O4S. The summed E-state index contributed by atoms with van der Waals surface area (Å²) in [6, 6.07) is 10.7. The molecule has 0 bridgehead atoms. The fourth-order valence-corrected chi connectivity index (χ4v) is 3.70. The van der Waals surface area contributed by atoms with E-state index in [0.29, 0.717) is 22.2 Å². The second-order valence-electron chi connectivity index (χ2n) is 5.41. The van der Waals surface area contributed by atoms with E-state index in [-0.39, 0.29) is 5.91 Å². The summed E-state index contributed by atoms with van der Waals surface area (Å²) in [7, 11) is 4.68. The first-order chi connectivity index (χ1) is 13.0. The van der Waals surface area contributed by atoms with Crippen molar-refractivity contribution in [2.45, 2.75) is 0 Å². The van der Waals surface area contributed by atoms with Crippen LogP contribution in [-0.4, -0.2) is 32.2 Å². The van der Waals surface area contributed by atoms with Crippen molar-refractivity contribution in [2.75, 3.05) is 26.6 Å². The van der Waals surface area contributed by atoms with Crippen molar-refractivity contribution in [1.82, 2.24) is 4.98 Å². The van der Waals surface area contributed by atoms with Crippen LogP contribution in [0.2, 0.25) is 0 Å². The molecule has 0 aliphatic heterocycles. The molecule has 27 heavy (non-hydrogen) atoms. The van der Waals surface area contributed by atoms with E-state index in [1.54, 1.807) is 32.4 Å². The molecule has 0 aliphatic carbocycles. The Balaban J connectivity index is 1.80. The van der Waals surface area contributed by atoms with E-state index in [2.05, 4.69) is 26.2 Å². The average molecular weight is 449 g/mol. The summed E-state index contributed by atoms with van der Waals surface area (Å²) in [6.45, 7) is 0. The maximum atomic E-state index is 12.6. The van der Waals surface area contributed by atoms with Crippen molar-refractivity contribution in [1.29, 1.82) is 0 Å². The van der Waals surface area contributed by atoms with E-state index in [0.717, 1.165) is 21.5 Å². The van der Waals surface area contributed by atoms with E-state index in [9.17, 15) is 4.79 Å². The molecule has 0 radical (unpaired) electrons. The lowest BCUT2D eigenvalue weighted by molar-refractivity contribution is 0.102. The number of halogens is 1. The Morgan fingerprint density at radius 3 is 2.48 bits per heavy atom. The number of anilines is 1. The van der Waals surface area contributed by atoms with Crippen LogP contribution in [0.15, 0.2) is 46.3 Å². The van der Waals surface area contributed by atoms with Crippen LogP contribution in [-0.2, 0) is 0 Å². The van der Waals surface area contributed by atoms with E-state index in [1.807, 2.05) is 23.6 Å². The molecule has 0 fully saturated rings. The van der Waals surface area contributed by atoms with Crippen LogP contribution in [0.5, 0.6) is 17.2 Å². The van der Waals surface area contributed by atoms with Gasteiger partial charge < -0.3 is 14.2 Å². The van der Waals surface area contributed by atoms with Gasteiger partial charge in [-0.25, -0.2) is 4.98 Å². The van der Waals surface area contributed by atoms with Crippen LogP contribution >= 0.6 is 27.3 Å². The Bertz CT molecular complexity index is 974. The zero-order valence-electron chi connectivity index (χ0n) is 14.9. The van der Waals surface area contributed by atoms with Gasteiger partial charge in [0.2, 0.25) is 0 Å². The molecule has 0 unspecified atom stereocenters. The molecule has 0 atom stereocenters. The Labute approximate surface area is 169 Å². The van der Waals surface area contributed by atoms with Gasteiger partial charge in [-0.1, -0.05) is 0 Å². The Hall–Kier alpha value is -2.58. The van der Waals surface area contributed by atoms with Crippen molar-refractivity contribution in [3.63, 3.8) is 0 Å². The van der Waals surface area contributed by atoms with Gasteiger partial charge in [-0.15, -0.1) is 11.3 Å². The summed E-state index contributed by atoms with van der Waals surface area (Å²) in [6.07, 6.45) is 0. The van der Waals surface area contributed by atoms with E-state index in [4.69, 9.17) is 14.2 Å². The number of carbonyl (C=O) groups is 1. The Kier molecular flexibility index (Phi) is 5.98. The number of nitrogens with one attached hydrogen (secondary N) is 1. The molecule has 140 valence electrons. The summed E-state index contributed by atoms with van der Waals surface area (Å²) in [5.74, 6) is 1.49. The number of aromatic nitrogens is 1. The lowest BCUT2D eigenvalue weighted by Crippen LogP contribution is -2.13. The predicted molar refractivity (Wildman–Crippen MR) is 109 cm³/mol. The van der Waals surface area contributed by atoms with Crippen molar-refractivity contribution in [3.8, 4) is 28.5 Å². The van der Waals surface area contributed by atoms with Gasteiger partial charge in [0.15, 0.2) is 5.13 Å². The van der Waals surface area contributed by atoms with Gasteiger partial charge in [0.1, 0.15) is 17.2 Å². The van der Waals surface area contributed by atoms with Crippen molar-refractivity contribution in [2.24, 2.45) is 0 Å². The number of benzene rings is 2. The molecule has 3 aromatic rings. The normalized spacial score (nSPS) is 10.4. The number of carbonyl (C=O) groups excluding carboxylic acids is 1. The Morgan fingerprint density at radius 2 is 1.81 bits per heavy atom. The number of amides is 1. The molecule has 1 amide bonds. The van der Waals surface area contributed by atoms with Gasteiger partial charge >= 0.3 is 0 Å². The molecule has 1 aromatic heterocycles.